The second-order valence-electron chi connectivity index (χ2n) is 14.6. The van der Waals surface area contributed by atoms with Crippen molar-refractivity contribution in [3.8, 4) is 0 Å². The molecule has 312 valence electrons. The first-order chi connectivity index (χ1) is 29.0. The largest absolute Gasteiger partial charge is 0.330 e. The zero-order valence-corrected chi connectivity index (χ0v) is 33.3. The number of aromatic amines is 2. The molecule has 2 aliphatic heterocycles. The Kier molecular flexibility index (Phi) is 14.6. The summed E-state index contributed by atoms with van der Waals surface area (Å²) in [4.78, 5) is 67.6. The van der Waals surface area contributed by atoms with Crippen LogP contribution >= 0.6 is 0 Å². The highest BCUT2D eigenvalue weighted by Gasteiger charge is 2.19. The molecule has 2 aromatic heterocycles. The SMILES string of the molecule is C[N+](=O)[O-].O=C(CCCN1CC=C(n2c(=O)[nH]c3ccccc32)CC1)c1ccc(F)cc1.O=C(CCCN1CC=C(n2c(=O)[nH]c3ccccc32)CC1)c1ccc(F)cc1. The number of benzene rings is 4. The minimum atomic E-state index is -0.500. The van der Waals surface area contributed by atoms with Crippen molar-refractivity contribution in [3.63, 3.8) is 0 Å². The molecule has 60 heavy (non-hydrogen) atoms. The lowest BCUT2D eigenvalue weighted by molar-refractivity contribution is -0.445. The summed E-state index contributed by atoms with van der Waals surface area (Å²) in [6, 6.07) is 26.8. The highest BCUT2D eigenvalue weighted by Crippen LogP contribution is 2.22. The molecule has 0 saturated carbocycles. The van der Waals surface area contributed by atoms with Gasteiger partial charge >= 0.3 is 11.4 Å². The van der Waals surface area contributed by atoms with Crippen LogP contribution in [-0.4, -0.2) is 91.7 Å². The molecule has 0 atom stereocenters. The van der Waals surface area contributed by atoms with Crippen molar-refractivity contribution in [2.24, 2.45) is 0 Å². The van der Waals surface area contributed by atoms with E-state index < -0.39 is 4.92 Å². The topological polar surface area (TPSA) is 159 Å². The Balaban J connectivity index is 0.000000185. The first-order valence-corrected chi connectivity index (χ1v) is 19.9. The van der Waals surface area contributed by atoms with Crippen molar-refractivity contribution < 1.29 is 23.3 Å². The van der Waals surface area contributed by atoms with Gasteiger partial charge < -0.3 is 9.97 Å². The molecule has 0 unspecified atom stereocenters. The quantitative estimate of drug-likeness (QED) is 0.0743. The number of halogens is 2. The molecule has 0 spiro atoms. The molecular formula is C45H47F2N7O6. The summed E-state index contributed by atoms with van der Waals surface area (Å²) < 4.78 is 29.4. The Morgan fingerprint density at radius 2 is 1.00 bits per heavy atom. The average molecular weight is 820 g/mol. The van der Waals surface area contributed by atoms with Crippen molar-refractivity contribution in [2.75, 3.05) is 46.3 Å². The first kappa shape index (κ1) is 43.0. The summed E-state index contributed by atoms with van der Waals surface area (Å²) in [7, 11) is 0.889. The van der Waals surface area contributed by atoms with E-state index in [4.69, 9.17) is 10.1 Å². The number of hydrogen-bond donors (Lipinski definition) is 2. The predicted octanol–water partition coefficient (Wildman–Crippen LogP) is 7.25. The summed E-state index contributed by atoms with van der Waals surface area (Å²) in [6.45, 7) is 4.85. The molecule has 15 heteroatoms. The van der Waals surface area contributed by atoms with Crippen LogP contribution in [0.2, 0.25) is 0 Å². The fourth-order valence-electron chi connectivity index (χ4n) is 7.38. The standard InChI is InChI=1S/2C22H22FN3O2.CH3NO2/c2*23-17-9-7-16(8-10-17)21(27)6-3-13-25-14-11-18(12-15-25)26-20-5-2-1-4-19(20)24-22(26)28;1-2(3)4/h2*1-2,4-5,7-11H,3,6,12-15H2,(H,24,28);1H3. The zero-order valence-electron chi connectivity index (χ0n) is 33.3. The van der Waals surface area contributed by atoms with Gasteiger partial charge in [-0.1, -0.05) is 36.4 Å². The van der Waals surface area contributed by atoms with Gasteiger partial charge in [0, 0.05) is 79.3 Å². The van der Waals surface area contributed by atoms with E-state index in [1.165, 1.54) is 48.5 Å². The fourth-order valence-corrected chi connectivity index (χ4v) is 7.38. The molecule has 4 heterocycles. The number of aromatic nitrogens is 4. The number of nitro groups is 1. The number of imidazole rings is 2. The maximum Gasteiger partial charge on any atom is 0.330 e. The second-order valence-corrected chi connectivity index (χ2v) is 14.6. The van der Waals surface area contributed by atoms with E-state index in [0.717, 1.165) is 105 Å². The van der Waals surface area contributed by atoms with Crippen LogP contribution in [0.5, 0.6) is 0 Å². The van der Waals surface area contributed by atoms with Gasteiger partial charge in [-0.25, -0.2) is 18.4 Å². The summed E-state index contributed by atoms with van der Waals surface area (Å²) in [5.41, 5.74) is 6.42. The zero-order chi connectivity index (χ0) is 42.6. The maximum atomic E-state index is 12.9. The number of nitrogens with one attached hydrogen (secondary N) is 2. The van der Waals surface area contributed by atoms with E-state index in [1.807, 2.05) is 48.5 Å². The van der Waals surface area contributed by atoms with Gasteiger partial charge in [0.2, 0.25) is 0 Å². The molecule has 0 radical (unpaired) electrons. The molecule has 6 aromatic rings. The van der Waals surface area contributed by atoms with Gasteiger partial charge in [-0.15, -0.1) is 0 Å². The smallest absolute Gasteiger partial charge is 0.305 e. The lowest BCUT2D eigenvalue weighted by Gasteiger charge is -2.26. The molecule has 2 aliphatic rings. The predicted molar refractivity (Wildman–Crippen MR) is 229 cm³/mol. The number of ketones is 2. The fraction of sp³-hybridized carbons (Fsp3) is 0.289. The van der Waals surface area contributed by atoms with Crippen molar-refractivity contribution in [1.29, 1.82) is 0 Å². The molecule has 4 aromatic carbocycles. The molecule has 8 rings (SSSR count). The molecule has 2 N–H and O–H groups in total. The van der Waals surface area contributed by atoms with Crippen LogP contribution in [0.1, 0.15) is 59.2 Å². The third-order valence-electron chi connectivity index (χ3n) is 10.4. The molecule has 0 saturated heterocycles. The second kappa shape index (κ2) is 20.4. The molecule has 13 nitrogen and oxygen atoms in total. The molecule has 0 aliphatic carbocycles. The summed E-state index contributed by atoms with van der Waals surface area (Å²) >= 11 is 0. The molecule has 0 fully saturated rings. The number of nitrogens with zero attached hydrogens (tertiary/aromatic N) is 5. The van der Waals surface area contributed by atoms with Gasteiger partial charge in [0.15, 0.2) is 18.6 Å². The van der Waals surface area contributed by atoms with Crippen LogP contribution < -0.4 is 11.4 Å². The number of para-hydroxylation sites is 4. The molecule has 0 amide bonds. The van der Waals surface area contributed by atoms with Crippen LogP contribution in [0.15, 0.2) is 119 Å². The first-order valence-electron chi connectivity index (χ1n) is 19.9. The van der Waals surface area contributed by atoms with E-state index in [-0.39, 0.29) is 34.6 Å². The summed E-state index contributed by atoms with van der Waals surface area (Å²) in [5.74, 6) is -0.583. The Morgan fingerprint density at radius 3 is 1.35 bits per heavy atom. The summed E-state index contributed by atoms with van der Waals surface area (Å²) in [6.07, 6.45) is 8.15. The number of rotatable bonds is 12. The number of H-pyrrole nitrogens is 2. The average Bonchev–Trinajstić information content (AvgIpc) is 3.76. The van der Waals surface area contributed by atoms with Gasteiger partial charge in [0.1, 0.15) is 11.6 Å². The highest BCUT2D eigenvalue weighted by molar-refractivity contribution is 5.96. The minimum absolute atomic E-state index is 0.0404. The summed E-state index contributed by atoms with van der Waals surface area (Å²) in [5, 5.41) is 8.81. The van der Waals surface area contributed by atoms with E-state index in [1.54, 1.807) is 9.13 Å². The maximum absolute atomic E-state index is 12.9. The highest BCUT2D eigenvalue weighted by atomic mass is 19.1. The van der Waals surface area contributed by atoms with Gasteiger partial charge in [0.25, 0.3) is 0 Å². The number of fused-ring (bicyclic) bond motifs is 2. The monoisotopic (exact) mass is 819 g/mol. The van der Waals surface area contributed by atoms with E-state index in [0.29, 0.717) is 24.0 Å². The van der Waals surface area contributed by atoms with Crippen molar-refractivity contribution >= 4 is 45.0 Å². The van der Waals surface area contributed by atoms with Gasteiger partial charge in [0.05, 0.1) is 22.1 Å². The normalized spacial score (nSPS) is 14.4. The van der Waals surface area contributed by atoms with Crippen molar-refractivity contribution in [3.05, 3.63) is 163 Å². The Bertz CT molecular complexity index is 2440. The molecular weight excluding hydrogens is 773 g/mol. The Hall–Kier alpha value is -6.58. The van der Waals surface area contributed by atoms with Crippen LogP contribution in [-0.2, 0) is 0 Å². The van der Waals surface area contributed by atoms with Gasteiger partial charge in [-0.2, -0.15) is 0 Å². The van der Waals surface area contributed by atoms with E-state index >= 15 is 0 Å². The van der Waals surface area contributed by atoms with Gasteiger partial charge in [-0.3, -0.25) is 38.6 Å². The molecule has 0 bridgehead atoms. The van der Waals surface area contributed by atoms with Crippen molar-refractivity contribution in [1.82, 2.24) is 28.9 Å². The number of hydrogen-bond acceptors (Lipinski definition) is 8. The van der Waals surface area contributed by atoms with Crippen molar-refractivity contribution in [2.45, 2.75) is 38.5 Å². The van der Waals surface area contributed by atoms with Crippen LogP contribution in [0.4, 0.5) is 8.78 Å². The third-order valence-corrected chi connectivity index (χ3v) is 10.4. The number of carbonyl (C=O) groups excluding carboxylic acids is 2. The number of carbonyl (C=O) groups is 2. The number of Topliss-reactive ketones (excluding diaryl/α,β-unsaturated/α-hetero) is 2. The third kappa shape index (κ3) is 11.3. The van der Waals surface area contributed by atoms with Crippen LogP contribution in [0.3, 0.4) is 0 Å². The van der Waals surface area contributed by atoms with E-state index in [2.05, 4.69) is 31.9 Å². The van der Waals surface area contributed by atoms with E-state index in [9.17, 15) is 28.0 Å². The lowest BCUT2D eigenvalue weighted by Crippen LogP contribution is -2.32. The minimum Gasteiger partial charge on any atom is -0.305 e. The van der Waals surface area contributed by atoms with Crippen LogP contribution in [0.25, 0.3) is 33.5 Å². The lowest BCUT2D eigenvalue weighted by atomic mass is 10.1. The van der Waals surface area contributed by atoms with Gasteiger partial charge in [-0.05, 0) is 98.7 Å². The van der Waals surface area contributed by atoms with Crippen LogP contribution in [0, 0.1) is 21.7 Å². The Labute approximate surface area is 344 Å². The Morgan fingerprint density at radius 1 is 0.633 bits per heavy atom.